The van der Waals surface area contributed by atoms with Gasteiger partial charge in [-0.2, -0.15) is 8.42 Å². The van der Waals surface area contributed by atoms with E-state index in [1.807, 2.05) is 4.90 Å². The van der Waals surface area contributed by atoms with Crippen molar-refractivity contribution in [2.75, 3.05) is 20.3 Å². The second-order valence-corrected chi connectivity index (χ2v) is 10.9. The van der Waals surface area contributed by atoms with Crippen molar-refractivity contribution >= 4 is 39.2 Å². The monoisotopic (exact) mass is 527 g/mol. The van der Waals surface area contributed by atoms with Crippen LogP contribution in [0.1, 0.15) is 37.7 Å². The van der Waals surface area contributed by atoms with Gasteiger partial charge >= 0.3 is 10.1 Å². The van der Waals surface area contributed by atoms with Crippen LogP contribution in [0.25, 0.3) is 0 Å². The Balaban J connectivity index is 1.57. The molecule has 1 saturated heterocycles. The lowest BCUT2D eigenvalue weighted by molar-refractivity contribution is -0.140. The number of benzene rings is 2. The molecule has 2 aromatic rings. The molecule has 2 aromatic carbocycles. The SMILES string of the molecule is COc1ccc(CN(CC2CCCO2)C(=O)C2CCC2)cc1OS(=O)(=O)c1ccc(Cl)c(Cl)c1. The molecule has 1 unspecified atom stereocenters. The van der Waals surface area contributed by atoms with Crippen LogP contribution >= 0.6 is 23.2 Å². The van der Waals surface area contributed by atoms with Crippen molar-refractivity contribution in [2.45, 2.75) is 49.6 Å². The average Bonchev–Trinajstić information content (AvgIpc) is 3.27. The molecule has 0 spiro atoms. The zero-order valence-electron chi connectivity index (χ0n) is 18.8. The van der Waals surface area contributed by atoms with E-state index in [1.165, 1.54) is 25.3 Å². The van der Waals surface area contributed by atoms with E-state index < -0.39 is 10.1 Å². The Kier molecular flexibility index (Phi) is 7.92. The van der Waals surface area contributed by atoms with E-state index >= 15 is 0 Å². The molecule has 1 aliphatic heterocycles. The summed E-state index contributed by atoms with van der Waals surface area (Å²) in [6.45, 7) is 1.55. The Hall–Kier alpha value is -2.00. The van der Waals surface area contributed by atoms with Crippen LogP contribution in [0.15, 0.2) is 41.3 Å². The van der Waals surface area contributed by atoms with Crippen LogP contribution in [0.3, 0.4) is 0 Å². The van der Waals surface area contributed by atoms with Gasteiger partial charge in [0.1, 0.15) is 4.90 Å². The maximum atomic E-state index is 13.1. The van der Waals surface area contributed by atoms with Crippen LogP contribution in [0.2, 0.25) is 10.0 Å². The number of carbonyl (C=O) groups excluding carboxylic acids is 1. The summed E-state index contributed by atoms with van der Waals surface area (Å²) in [5.74, 6) is 0.441. The molecular formula is C24H27Cl2NO6S. The van der Waals surface area contributed by atoms with Crippen molar-refractivity contribution in [3.05, 3.63) is 52.0 Å². The minimum Gasteiger partial charge on any atom is -0.493 e. The van der Waals surface area contributed by atoms with Gasteiger partial charge in [0, 0.05) is 25.6 Å². The first-order valence-corrected chi connectivity index (χ1v) is 13.4. The van der Waals surface area contributed by atoms with Crippen molar-refractivity contribution in [1.82, 2.24) is 4.90 Å². The molecule has 0 bridgehead atoms. The van der Waals surface area contributed by atoms with E-state index in [2.05, 4.69) is 0 Å². The normalized spacial score (nSPS) is 18.4. The van der Waals surface area contributed by atoms with Gasteiger partial charge in [0.15, 0.2) is 11.5 Å². The molecule has 1 saturated carbocycles. The van der Waals surface area contributed by atoms with Gasteiger partial charge in [-0.15, -0.1) is 0 Å². The first-order valence-electron chi connectivity index (χ1n) is 11.2. The number of rotatable bonds is 9. The zero-order valence-corrected chi connectivity index (χ0v) is 21.2. The largest absolute Gasteiger partial charge is 0.493 e. The summed E-state index contributed by atoms with van der Waals surface area (Å²) in [7, 11) is -2.77. The predicted octanol–water partition coefficient (Wildman–Crippen LogP) is 5.08. The Labute approximate surface area is 210 Å². The fourth-order valence-electron chi connectivity index (χ4n) is 4.08. The molecule has 2 aliphatic rings. The van der Waals surface area contributed by atoms with Crippen LogP contribution in [-0.2, 0) is 26.2 Å². The fraction of sp³-hybridized carbons (Fsp3) is 0.458. The predicted molar refractivity (Wildman–Crippen MR) is 129 cm³/mol. The Morgan fingerprint density at radius 2 is 1.85 bits per heavy atom. The molecule has 1 heterocycles. The van der Waals surface area contributed by atoms with Crippen molar-refractivity contribution in [1.29, 1.82) is 0 Å². The third kappa shape index (κ3) is 5.79. The van der Waals surface area contributed by atoms with Crippen molar-refractivity contribution < 1.29 is 26.9 Å². The summed E-state index contributed by atoms with van der Waals surface area (Å²) < 4.78 is 42.2. The van der Waals surface area contributed by atoms with Crippen LogP contribution in [0.4, 0.5) is 0 Å². The first-order chi connectivity index (χ1) is 16.3. The van der Waals surface area contributed by atoms with Crippen molar-refractivity contribution in [3.63, 3.8) is 0 Å². The molecule has 2 fully saturated rings. The van der Waals surface area contributed by atoms with E-state index in [0.29, 0.717) is 19.7 Å². The van der Waals surface area contributed by atoms with Gasteiger partial charge in [-0.1, -0.05) is 35.7 Å². The summed E-state index contributed by atoms with van der Waals surface area (Å²) in [4.78, 5) is 14.8. The summed E-state index contributed by atoms with van der Waals surface area (Å²) in [5, 5.41) is 0.342. The molecule has 1 aliphatic carbocycles. The Bertz CT molecular complexity index is 1150. The van der Waals surface area contributed by atoms with E-state index in [0.717, 1.165) is 37.7 Å². The molecule has 0 radical (unpaired) electrons. The average molecular weight is 528 g/mol. The van der Waals surface area contributed by atoms with Crippen LogP contribution in [0, 0.1) is 5.92 Å². The lowest BCUT2D eigenvalue weighted by atomic mass is 9.84. The number of halogens is 2. The highest BCUT2D eigenvalue weighted by Crippen LogP contribution is 2.34. The number of nitrogens with zero attached hydrogens (tertiary/aromatic N) is 1. The second kappa shape index (κ2) is 10.7. The van der Waals surface area contributed by atoms with Gasteiger partial charge in [-0.25, -0.2) is 0 Å². The molecule has 1 atom stereocenters. The van der Waals surface area contributed by atoms with Crippen LogP contribution in [-0.4, -0.2) is 45.6 Å². The number of carbonyl (C=O) groups is 1. The standard InChI is InChI=1S/C24H27Cl2NO6S/c1-31-22-10-7-16(12-23(22)33-34(29,30)19-8-9-20(25)21(26)13-19)14-27(15-18-6-3-11-32-18)24(28)17-4-2-5-17/h7-10,12-13,17-18H,2-6,11,14-15H2,1H3. The molecule has 184 valence electrons. The number of amides is 1. The molecule has 7 nitrogen and oxygen atoms in total. The summed E-state index contributed by atoms with van der Waals surface area (Å²) >= 11 is 11.9. The van der Waals surface area contributed by atoms with Gasteiger partial charge in [-0.05, 0) is 61.6 Å². The maximum absolute atomic E-state index is 13.1. The first kappa shape index (κ1) is 25.1. The third-order valence-electron chi connectivity index (χ3n) is 6.19. The van der Waals surface area contributed by atoms with E-state index in [4.69, 9.17) is 36.9 Å². The fourth-order valence-corrected chi connectivity index (χ4v) is 5.41. The topological polar surface area (TPSA) is 82.1 Å². The Morgan fingerprint density at radius 3 is 2.47 bits per heavy atom. The molecule has 34 heavy (non-hydrogen) atoms. The smallest absolute Gasteiger partial charge is 0.339 e. The van der Waals surface area contributed by atoms with E-state index in [-0.39, 0.29) is 44.4 Å². The van der Waals surface area contributed by atoms with E-state index in [1.54, 1.807) is 18.2 Å². The molecule has 0 aromatic heterocycles. The van der Waals surface area contributed by atoms with Gasteiger partial charge in [0.25, 0.3) is 0 Å². The minimum absolute atomic E-state index is 0.0213. The van der Waals surface area contributed by atoms with Crippen molar-refractivity contribution in [3.8, 4) is 11.5 Å². The van der Waals surface area contributed by atoms with Crippen LogP contribution < -0.4 is 8.92 Å². The molecular weight excluding hydrogens is 501 g/mol. The van der Waals surface area contributed by atoms with E-state index in [9.17, 15) is 13.2 Å². The van der Waals surface area contributed by atoms with Crippen molar-refractivity contribution in [2.24, 2.45) is 5.92 Å². The number of hydrogen-bond donors (Lipinski definition) is 0. The van der Waals surface area contributed by atoms with Gasteiger partial charge in [-0.3, -0.25) is 4.79 Å². The van der Waals surface area contributed by atoms with Crippen LogP contribution in [0.5, 0.6) is 11.5 Å². The lowest BCUT2D eigenvalue weighted by Gasteiger charge is -2.33. The highest BCUT2D eigenvalue weighted by molar-refractivity contribution is 7.87. The van der Waals surface area contributed by atoms with Gasteiger partial charge in [0.05, 0.1) is 23.3 Å². The summed E-state index contributed by atoms with van der Waals surface area (Å²) in [6, 6.07) is 8.96. The van der Waals surface area contributed by atoms with Gasteiger partial charge in [0.2, 0.25) is 5.91 Å². The number of hydrogen-bond acceptors (Lipinski definition) is 6. The third-order valence-corrected chi connectivity index (χ3v) is 8.16. The Morgan fingerprint density at radius 1 is 1.06 bits per heavy atom. The maximum Gasteiger partial charge on any atom is 0.339 e. The summed E-state index contributed by atoms with van der Waals surface area (Å²) in [6.07, 6.45) is 4.81. The molecule has 10 heteroatoms. The summed E-state index contributed by atoms with van der Waals surface area (Å²) in [5.41, 5.74) is 0.728. The number of methoxy groups -OCH3 is 1. The lowest BCUT2D eigenvalue weighted by Crippen LogP contribution is -2.42. The molecule has 0 N–H and O–H groups in total. The van der Waals surface area contributed by atoms with Gasteiger partial charge < -0.3 is 18.6 Å². The highest BCUT2D eigenvalue weighted by atomic mass is 35.5. The second-order valence-electron chi connectivity index (χ2n) is 8.58. The molecule has 1 amide bonds. The number of ether oxygens (including phenoxy) is 2. The zero-order chi connectivity index (χ0) is 24.3. The quantitative estimate of drug-likeness (QED) is 0.423. The minimum atomic E-state index is -4.20. The molecule has 4 rings (SSSR count). The highest BCUT2D eigenvalue weighted by Gasteiger charge is 2.32.